The van der Waals surface area contributed by atoms with Crippen LogP contribution in [0.4, 0.5) is 0 Å². The number of aryl methyl sites for hydroxylation is 1. The van der Waals surface area contributed by atoms with Crippen molar-refractivity contribution in [3.63, 3.8) is 0 Å². The van der Waals surface area contributed by atoms with Crippen molar-refractivity contribution in [2.24, 2.45) is 0 Å². The first-order chi connectivity index (χ1) is 7.24. The number of fused-ring (bicyclic) bond motifs is 1. The topological polar surface area (TPSA) is 15.8 Å². The van der Waals surface area contributed by atoms with Crippen molar-refractivity contribution in [2.45, 2.75) is 26.2 Å². The van der Waals surface area contributed by atoms with Gasteiger partial charge in [0, 0.05) is 21.9 Å². The van der Waals surface area contributed by atoms with Crippen molar-refractivity contribution < 1.29 is 0 Å². The maximum absolute atomic E-state index is 3.52. The van der Waals surface area contributed by atoms with E-state index in [4.69, 9.17) is 0 Å². The highest BCUT2D eigenvalue weighted by Gasteiger charge is 2.12. The van der Waals surface area contributed by atoms with Crippen LogP contribution >= 0.6 is 15.9 Å². The van der Waals surface area contributed by atoms with Gasteiger partial charge in [-0.05, 0) is 24.0 Å². The third-order valence-corrected chi connectivity index (χ3v) is 3.15. The summed E-state index contributed by atoms with van der Waals surface area (Å²) < 4.78 is 0. The molecule has 0 aliphatic heterocycles. The molecule has 0 atom stereocenters. The van der Waals surface area contributed by atoms with Gasteiger partial charge in [-0.2, -0.15) is 0 Å². The summed E-state index contributed by atoms with van der Waals surface area (Å²) in [6.45, 7) is 4.51. The molecule has 1 N–H and O–H groups in total. The molecule has 0 bridgehead atoms. The third kappa shape index (κ3) is 1.96. The lowest BCUT2D eigenvalue weighted by atomic mass is 9.98. The van der Waals surface area contributed by atoms with E-state index in [1.165, 1.54) is 22.2 Å². The molecule has 80 valence electrons. The molecule has 1 nitrogen and oxygen atoms in total. The molecule has 0 fully saturated rings. The zero-order chi connectivity index (χ0) is 10.8. The summed E-state index contributed by atoms with van der Waals surface area (Å²) in [6.07, 6.45) is 1.07. The van der Waals surface area contributed by atoms with Gasteiger partial charge in [-0.25, -0.2) is 0 Å². The van der Waals surface area contributed by atoms with Gasteiger partial charge in [-0.3, -0.25) is 0 Å². The number of rotatable bonds is 3. The van der Waals surface area contributed by atoms with Crippen LogP contribution in [0.25, 0.3) is 10.9 Å². The molecule has 1 aromatic carbocycles. The van der Waals surface area contributed by atoms with E-state index in [2.05, 4.69) is 59.0 Å². The molecule has 1 aromatic heterocycles. The minimum Gasteiger partial charge on any atom is -0.358 e. The average Bonchev–Trinajstić information content (AvgIpc) is 2.56. The van der Waals surface area contributed by atoms with E-state index in [-0.39, 0.29) is 0 Å². The number of H-pyrrole nitrogens is 1. The molecule has 0 amide bonds. The van der Waals surface area contributed by atoms with Crippen LogP contribution < -0.4 is 0 Å². The fourth-order valence-electron chi connectivity index (χ4n) is 2.17. The molecule has 15 heavy (non-hydrogen) atoms. The summed E-state index contributed by atoms with van der Waals surface area (Å²) in [5.74, 6) is 0.579. The number of hydrogen-bond acceptors (Lipinski definition) is 0. The number of aromatic amines is 1. The average molecular weight is 266 g/mol. The lowest BCUT2D eigenvalue weighted by Crippen LogP contribution is -1.94. The van der Waals surface area contributed by atoms with E-state index < -0.39 is 0 Å². The fraction of sp³-hybridized carbons (Fsp3) is 0.385. The molecule has 2 heteroatoms. The van der Waals surface area contributed by atoms with Crippen molar-refractivity contribution in [1.82, 2.24) is 4.98 Å². The highest BCUT2D eigenvalue weighted by atomic mass is 79.9. The summed E-state index contributed by atoms with van der Waals surface area (Å²) >= 11 is 3.51. The Morgan fingerprint density at radius 3 is 2.67 bits per heavy atom. The van der Waals surface area contributed by atoms with Gasteiger partial charge in [-0.15, -0.1) is 0 Å². The first-order valence-electron chi connectivity index (χ1n) is 5.39. The smallest absolute Gasteiger partial charge is 0.0459 e. The van der Waals surface area contributed by atoms with Crippen LogP contribution in [-0.4, -0.2) is 10.3 Å². The molecule has 0 spiro atoms. The zero-order valence-electron chi connectivity index (χ0n) is 9.18. The van der Waals surface area contributed by atoms with Crippen LogP contribution in [0.3, 0.4) is 0 Å². The second-order valence-electron chi connectivity index (χ2n) is 4.16. The van der Waals surface area contributed by atoms with E-state index >= 15 is 0 Å². The number of hydrogen-bond donors (Lipinski definition) is 1. The molecule has 0 aliphatic rings. The van der Waals surface area contributed by atoms with Crippen molar-refractivity contribution in [2.75, 3.05) is 5.33 Å². The van der Waals surface area contributed by atoms with Gasteiger partial charge in [0.2, 0.25) is 0 Å². The Morgan fingerprint density at radius 2 is 2.00 bits per heavy atom. The Kier molecular flexibility index (Phi) is 3.15. The molecular weight excluding hydrogens is 250 g/mol. The second-order valence-corrected chi connectivity index (χ2v) is 4.95. The first kappa shape index (κ1) is 10.7. The van der Waals surface area contributed by atoms with Crippen LogP contribution in [0, 0.1) is 0 Å². The maximum Gasteiger partial charge on any atom is 0.0459 e. The number of benzene rings is 1. The normalized spacial score (nSPS) is 11.5. The summed E-state index contributed by atoms with van der Waals surface area (Å²) in [5.41, 5.74) is 4.12. The van der Waals surface area contributed by atoms with E-state index in [0.717, 1.165) is 11.8 Å². The van der Waals surface area contributed by atoms with Crippen molar-refractivity contribution >= 4 is 26.8 Å². The summed E-state index contributed by atoms with van der Waals surface area (Å²) in [4.78, 5) is 3.52. The molecule has 0 saturated carbocycles. The number of nitrogens with one attached hydrogen (secondary N) is 1. The van der Waals surface area contributed by atoms with Gasteiger partial charge < -0.3 is 4.98 Å². The quantitative estimate of drug-likeness (QED) is 0.800. The highest BCUT2D eigenvalue weighted by Crippen LogP contribution is 2.29. The van der Waals surface area contributed by atoms with Crippen LogP contribution in [0.1, 0.15) is 31.0 Å². The van der Waals surface area contributed by atoms with Gasteiger partial charge in [0.25, 0.3) is 0 Å². The van der Waals surface area contributed by atoms with E-state index in [1.807, 2.05) is 0 Å². The Hall–Kier alpha value is -0.760. The fourth-order valence-corrected chi connectivity index (χ4v) is 2.57. The summed E-state index contributed by atoms with van der Waals surface area (Å²) in [5, 5.41) is 2.39. The number of alkyl halides is 1. The monoisotopic (exact) mass is 265 g/mol. The van der Waals surface area contributed by atoms with Gasteiger partial charge in [0.1, 0.15) is 0 Å². The maximum atomic E-state index is 3.52. The summed E-state index contributed by atoms with van der Waals surface area (Å²) in [7, 11) is 0. The molecule has 0 aliphatic carbocycles. The molecule has 0 unspecified atom stereocenters. The van der Waals surface area contributed by atoms with Gasteiger partial charge in [0.05, 0.1) is 0 Å². The molecule has 2 aromatic rings. The molecule has 2 rings (SSSR count). The van der Waals surface area contributed by atoms with Crippen LogP contribution in [0.2, 0.25) is 0 Å². The highest BCUT2D eigenvalue weighted by molar-refractivity contribution is 9.09. The molecular formula is C13H16BrN. The number of para-hydroxylation sites is 1. The minimum atomic E-state index is 0.579. The van der Waals surface area contributed by atoms with Gasteiger partial charge >= 0.3 is 0 Å². The van der Waals surface area contributed by atoms with E-state index in [0.29, 0.717) is 5.92 Å². The van der Waals surface area contributed by atoms with Gasteiger partial charge in [0.15, 0.2) is 0 Å². The Morgan fingerprint density at radius 1 is 1.27 bits per heavy atom. The van der Waals surface area contributed by atoms with Crippen molar-refractivity contribution in [3.05, 3.63) is 35.5 Å². The van der Waals surface area contributed by atoms with E-state index in [1.54, 1.807) is 0 Å². The Bertz CT molecular complexity index is 457. The van der Waals surface area contributed by atoms with Crippen molar-refractivity contribution in [1.29, 1.82) is 0 Å². The summed E-state index contributed by atoms with van der Waals surface area (Å²) in [6, 6.07) is 8.55. The van der Waals surface area contributed by atoms with Crippen LogP contribution in [-0.2, 0) is 6.42 Å². The molecule has 0 radical (unpaired) electrons. The lowest BCUT2D eigenvalue weighted by molar-refractivity contribution is 0.850. The first-order valence-corrected chi connectivity index (χ1v) is 6.51. The lowest BCUT2D eigenvalue weighted by Gasteiger charge is -2.06. The molecule has 0 saturated heterocycles. The SMILES string of the molecule is CC(C)c1c(CCBr)[nH]c2ccccc12. The third-order valence-electron chi connectivity index (χ3n) is 2.75. The minimum absolute atomic E-state index is 0.579. The molecule has 1 heterocycles. The standard InChI is InChI=1S/C13H16BrN/c1-9(2)13-10-5-3-4-6-11(10)15-12(13)7-8-14/h3-6,9,15H,7-8H2,1-2H3. The second kappa shape index (κ2) is 4.40. The predicted molar refractivity (Wildman–Crippen MR) is 69.9 cm³/mol. The van der Waals surface area contributed by atoms with Crippen molar-refractivity contribution in [3.8, 4) is 0 Å². The Balaban J connectivity index is 2.63. The Labute approximate surface area is 99.0 Å². The van der Waals surface area contributed by atoms with E-state index in [9.17, 15) is 0 Å². The van der Waals surface area contributed by atoms with Gasteiger partial charge in [-0.1, -0.05) is 48.0 Å². The van der Waals surface area contributed by atoms with Crippen LogP contribution in [0.5, 0.6) is 0 Å². The predicted octanol–water partition coefficient (Wildman–Crippen LogP) is 4.23. The number of halogens is 1. The van der Waals surface area contributed by atoms with Crippen LogP contribution in [0.15, 0.2) is 24.3 Å². The number of aromatic nitrogens is 1. The largest absolute Gasteiger partial charge is 0.358 e. The zero-order valence-corrected chi connectivity index (χ0v) is 10.8.